The van der Waals surface area contributed by atoms with Gasteiger partial charge in [-0.25, -0.2) is 4.98 Å². The molecule has 0 unspecified atom stereocenters. The van der Waals surface area contributed by atoms with Gasteiger partial charge >= 0.3 is 0 Å². The number of aromatic nitrogens is 3. The highest BCUT2D eigenvalue weighted by molar-refractivity contribution is 6.23. The van der Waals surface area contributed by atoms with Crippen LogP contribution in [0.1, 0.15) is 25.3 Å². The molecule has 0 spiro atoms. The maximum Gasteiger partial charge on any atom is 0.0979 e. The van der Waals surface area contributed by atoms with Crippen LogP contribution in [0, 0.1) is 0 Å². The summed E-state index contributed by atoms with van der Waals surface area (Å²) >= 11 is 0. The van der Waals surface area contributed by atoms with E-state index in [1.54, 1.807) is 0 Å². The Hall–Kier alpha value is -5.02. The summed E-state index contributed by atoms with van der Waals surface area (Å²) in [6.45, 7) is 4.50. The van der Waals surface area contributed by atoms with Gasteiger partial charge in [0.1, 0.15) is 0 Å². The molecule has 190 valence electrons. The number of benzene rings is 6. The third-order valence-electron chi connectivity index (χ3n) is 8.19. The second-order valence-corrected chi connectivity index (χ2v) is 10.9. The summed E-state index contributed by atoms with van der Waals surface area (Å²) in [5.74, 6) is 0.481. The average molecular weight is 514 g/mol. The van der Waals surface area contributed by atoms with Crippen molar-refractivity contribution in [1.29, 1.82) is 0 Å². The Balaban J connectivity index is 1.35. The Morgan fingerprint density at radius 1 is 0.550 bits per heavy atom. The number of hydrogen-bond acceptors (Lipinski definition) is 2. The van der Waals surface area contributed by atoms with Crippen LogP contribution in [0.2, 0.25) is 0 Å². The van der Waals surface area contributed by atoms with Crippen LogP contribution in [0.5, 0.6) is 0 Å². The van der Waals surface area contributed by atoms with Crippen LogP contribution in [0.25, 0.3) is 71.3 Å². The van der Waals surface area contributed by atoms with E-state index in [2.05, 4.69) is 134 Å². The minimum absolute atomic E-state index is 0.481. The Bertz CT molecular complexity index is 2220. The van der Waals surface area contributed by atoms with Crippen molar-refractivity contribution in [2.45, 2.75) is 19.8 Å². The molecule has 0 atom stereocenters. The van der Waals surface area contributed by atoms with Gasteiger partial charge in [-0.15, -0.1) is 0 Å². The first-order valence-corrected chi connectivity index (χ1v) is 13.9. The molecule has 0 aliphatic rings. The van der Waals surface area contributed by atoms with Crippen LogP contribution in [0.3, 0.4) is 0 Å². The summed E-state index contributed by atoms with van der Waals surface area (Å²) in [6, 6.07) is 41.2. The summed E-state index contributed by atoms with van der Waals surface area (Å²) in [6.07, 6.45) is 1.92. The van der Waals surface area contributed by atoms with Gasteiger partial charge in [0, 0.05) is 32.8 Å². The van der Waals surface area contributed by atoms with Crippen LogP contribution in [-0.2, 0) is 0 Å². The molecule has 0 bridgehead atoms. The molecule has 2 aromatic heterocycles. The van der Waals surface area contributed by atoms with Crippen LogP contribution in [0.15, 0.2) is 121 Å². The van der Waals surface area contributed by atoms with Gasteiger partial charge in [-0.1, -0.05) is 98.8 Å². The van der Waals surface area contributed by atoms with E-state index in [1.807, 2.05) is 6.20 Å². The molecule has 8 rings (SSSR count). The Morgan fingerprint density at radius 2 is 1.20 bits per heavy atom. The molecule has 0 saturated heterocycles. The first kappa shape index (κ1) is 22.9. The highest BCUT2D eigenvalue weighted by Crippen LogP contribution is 2.36. The Kier molecular flexibility index (Phi) is 5.02. The molecule has 0 radical (unpaired) electrons. The summed E-state index contributed by atoms with van der Waals surface area (Å²) < 4.78 is 2.37. The molecule has 3 heteroatoms. The maximum absolute atomic E-state index is 5.23. The zero-order valence-electron chi connectivity index (χ0n) is 22.5. The van der Waals surface area contributed by atoms with Crippen molar-refractivity contribution in [1.82, 2.24) is 14.5 Å². The van der Waals surface area contributed by atoms with Crippen molar-refractivity contribution < 1.29 is 0 Å². The van der Waals surface area contributed by atoms with Crippen molar-refractivity contribution >= 4 is 54.4 Å². The third kappa shape index (κ3) is 3.37. The van der Waals surface area contributed by atoms with Crippen LogP contribution in [-0.4, -0.2) is 14.5 Å². The fourth-order valence-electron chi connectivity index (χ4n) is 6.19. The summed E-state index contributed by atoms with van der Waals surface area (Å²) in [7, 11) is 0. The minimum Gasteiger partial charge on any atom is -0.309 e. The molecule has 0 fully saturated rings. The Morgan fingerprint density at radius 3 is 1.95 bits per heavy atom. The first-order valence-electron chi connectivity index (χ1n) is 13.9. The maximum atomic E-state index is 5.23. The smallest absolute Gasteiger partial charge is 0.0979 e. The van der Waals surface area contributed by atoms with Gasteiger partial charge in [-0.3, -0.25) is 4.98 Å². The lowest BCUT2D eigenvalue weighted by Crippen LogP contribution is -1.96. The fraction of sp³-hybridized carbons (Fsp3) is 0.0811. The van der Waals surface area contributed by atoms with Crippen LogP contribution in [0.4, 0.5) is 0 Å². The number of para-hydroxylation sites is 1. The van der Waals surface area contributed by atoms with Crippen molar-refractivity contribution in [2.75, 3.05) is 0 Å². The van der Waals surface area contributed by atoms with E-state index in [4.69, 9.17) is 9.97 Å². The van der Waals surface area contributed by atoms with Crippen molar-refractivity contribution in [3.8, 4) is 16.9 Å². The summed E-state index contributed by atoms with van der Waals surface area (Å²) in [5, 5.41) is 7.24. The number of hydrogen-bond donors (Lipinski definition) is 0. The molecule has 3 nitrogen and oxygen atoms in total. The molecule has 0 saturated carbocycles. The lowest BCUT2D eigenvalue weighted by atomic mass is 9.99. The topological polar surface area (TPSA) is 30.7 Å². The number of fused-ring (bicyclic) bond motifs is 9. The van der Waals surface area contributed by atoms with Gasteiger partial charge in [-0.05, 0) is 52.6 Å². The van der Waals surface area contributed by atoms with E-state index in [1.165, 1.54) is 38.1 Å². The lowest BCUT2D eigenvalue weighted by molar-refractivity contribution is 0.868. The largest absolute Gasteiger partial charge is 0.309 e. The van der Waals surface area contributed by atoms with Crippen molar-refractivity contribution in [3.63, 3.8) is 0 Å². The number of nitrogens with zero attached hydrogens (tertiary/aromatic N) is 3. The average Bonchev–Trinajstić information content (AvgIpc) is 3.35. The monoisotopic (exact) mass is 513 g/mol. The second-order valence-electron chi connectivity index (χ2n) is 10.9. The van der Waals surface area contributed by atoms with E-state index >= 15 is 0 Å². The van der Waals surface area contributed by atoms with Gasteiger partial charge < -0.3 is 4.57 Å². The molecule has 0 aliphatic carbocycles. The number of rotatable bonds is 3. The molecule has 8 aromatic rings. The lowest BCUT2D eigenvalue weighted by Gasteiger charge is -2.12. The van der Waals surface area contributed by atoms with Gasteiger partial charge in [0.2, 0.25) is 0 Å². The standard InChI is InChI=1S/C37H27N3/c1-23(2)24-18-19-35-32(21-24)29-14-7-8-17-34(29)40(35)26-11-9-10-25(20-26)33-22-38-36-30-15-5-3-12-27(30)28-13-4-6-16-31(28)37(36)39-33/h3-23H,1-2H3. The zero-order valence-corrected chi connectivity index (χ0v) is 22.5. The van der Waals surface area contributed by atoms with Gasteiger partial charge in [0.15, 0.2) is 0 Å². The predicted octanol–water partition coefficient (Wildman–Crippen LogP) is 9.82. The van der Waals surface area contributed by atoms with Crippen LogP contribution >= 0.6 is 0 Å². The Labute approximate surface area is 232 Å². The quantitative estimate of drug-likeness (QED) is 0.220. The summed E-state index contributed by atoms with van der Waals surface area (Å²) in [5.41, 5.74) is 8.70. The highest BCUT2D eigenvalue weighted by Gasteiger charge is 2.15. The molecule has 6 aromatic carbocycles. The van der Waals surface area contributed by atoms with E-state index in [0.29, 0.717) is 5.92 Å². The molecule has 40 heavy (non-hydrogen) atoms. The fourth-order valence-corrected chi connectivity index (χ4v) is 6.19. The van der Waals surface area contributed by atoms with Gasteiger partial charge in [-0.2, -0.15) is 0 Å². The van der Waals surface area contributed by atoms with E-state index < -0.39 is 0 Å². The molecular formula is C37H27N3. The third-order valence-corrected chi connectivity index (χ3v) is 8.19. The van der Waals surface area contributed by atoms with Crippen molar-refractivity contribution in [2.24, 2.45) is 0 Å². The molecular weight excluding hydrogens is 486 g/mol. The van der Waals surface area contributed by atoms with E-state index in [0.717, 1.165) is 38.8 Å². The van der Waals surface area contributed by atoms with E-state index in [-0.39, 0.29) is 0 Å². The molecule has 0 amide bonds. The van der Waals surface area contributed by atoms with Gasteiger partial charge in [0.05, 0.1) is 34.0 Å². The highest BCUT2D eigenvalue weighted by atomic mass is 15.0. The van der Waals surface area contributed by atoms with Gasteiger partial charge in [0.25, 0.3) is 0 Å². The molecule has 0 aliphatic heterocycles. The predicted molar refractivity (Wildman–Crippen MR) is 168 cm³/mol. The first-order chi connectivity index (χ1) is 19.7. The SMILES string of the molecule is CC(C)c1ccc2c(c1)c1ccccc1n2-c1cccc(-c2cnc3c4ccccc4c4ccccc4c3n2)c1. The molecule has 0 N–H and O–H groups in total. The molecule has 2 heterocycles. The normalized spacial score (nSPS) is 12.0. The summed E-state index contributed by atoms with van der Waals surface area (Å²) in [4.78, 5) is 10.2. The second kappa shape index (κ2) is 8.75. The van der Waals surface area contributed by atoms with Crippen LogP contribution < -0.4 is 0 Å². The minimum atomic E-state index is 0.481. The van der Waals surface area contributed by atoms with E-state index in [9.17, 15) is 0 Å². The van der Waals surface area contributed by atoms with Crippen molar-refractivity contribution in [3.05, 3.63) is 127 Å². The zero-order chi connectivity index (χ0) is 26.8.